The van der Waals surface area contributed by atoms with Crippen LogP contribution >= 0.6 is 0 Å². The lowest BCUT2D eigenvalue weighted by molar-refractivity contribution is -0.0221. The number of alkyl halides is 8. The highest BCUT2D eigenvalue weighted by atomic mass is 19.3. The van der Waals surface area contributed by atoms with Gasteiger partial charge in [-0.1, -0.05) is 48.5 Å². The largest absolute Gasteiger partial charge is 0.299 e. The number of fused-ring (bicyclic) bond motifs is 4. The summed E-state index contributed by atoms with van der Waals surface area (Å²) in [6, 6.07) is 7.77. The third kappa shape index (κ3) is 2.11. The Morgan fingerprint density at radius 1 is 0.333 bits per heavy atom. The normalized spacial score (nSPS) is 21.1. The monoisotopic (exact) mass is 426 g/mol. The van der Waals surface area contributed by atoms with Gasteiger partial charge < -0.3 is 0 Å². The van der Waals surface area contributed by atoms with E-state index in [1.165, 1.54) is 0 Å². The van der Waals surface area contributed by atoms with Crippen LogP contribution in [0.25, 0.3) is 0 Å². The first-order chi connectivity index (χ1) is 13.9. The van der Waals surface area contributed by atoms with E-state index in [-0.39, 0.29) is 12.1 Å². The molecule has 0 nitrogen and oxygen atoms in total. The molecule has 0 aliphatic heterocycles. The van der Waals surface area contributed by atoms with Gasteiger partial charge in [-0.3, -0.25) is 0 Å². The molecule has 0 unspecified atom stereocenters. The summed E-state index contributed by atoms with van der Waals surface area (Å²) in [6.45, 7) is 0. The van der Waals surface area contributed by atoms with E-state index in [9.17, 15) is 0 Å². The van der Waals surface area contributed by atoms with Crippen molar-refractivity contribution < 1.29 is 35.1 Å². The van der Waals surface area contributed by atoms with Crippen molar-refractivity contribution in [3.63, 3.8) is 0 Å². The van der Waals surface area contributed by atoms with E-state index in [4.69, 9.17) is 0 Å². The first-order valence-electron chi connectivity index (χ1n) is 8.82. The first-order valence-corrected chi connectivity index (χ1v) is 8.82. The molecule has 0 saturated carbocycles. The minimum absolute atomic E-state index is 0.109. The maximum absolute atomic E-state index is 15.1. The van der Waals surface area contributed by atoms with Crippen LogP contribution in [0.1, 0.15) is 44.5 Å². The van der Waals surface area contributed by atoms with Crippen molar-refractivity contribution in [2.75, 3.05) is 0 Å². The van der Waals surface area contributed by atoms with Crippen LogP contribution in [0, 0.1) is 0 Å². The average molecular weight is 426 g/mol. The van der Waals surface area contributed by atoms with Gasteiger partial charge in [-0.2, -0.15) is 35.1 Å². The number of halogens is 8. The molecule has 2 aliphatic rings. The zero-order chi connectivity index (χ0) is 21.7. The molecular weight excluding hydrogens is 416 g/mol. The smallest absolute Gasteiger partial charge is 0.196 e. The molecule has 3 aromatic rings. The highest BCUT2D eigenvalue weighted by Crippen LogP contribution is 2.59. The molecule has 0 amide bonds. The van der Waals surface area contributed by atoms with Crippen LogP contribution < -0.4 is 0 Å². The number of hydrogen-bond acceptors (Lipinski definition) is 0. The molecule has 0 fully saturated rings. The molecule has 154 valence electrons. The summed E-state index contributed by atoms with van der Waals surface area (Å²) in [7, 11) is 0. The third-order valence-electron chi connectivity index (χ3n) is 5.72. The van der Waals surface area contributed by atoms with Gasteiger partial charge in [0, 0.05) is 44.5 Å². The van der Waals surface area contributed by atoms with E-state index in [1.54, 1.807) is 0 Å². The van der Waals surface area contributed by atoms with Crippen LogP contribution in [0.3, 0.4) is 0 Å². The maximum Gasteiger partial charge on any atom is 0.299 e. The van der Waals surface area contributed by atoms with Crippen LogP contribution in [0.2, 0.25) is 0 Å². The highest BCUT2D eigenvalue weighted by Gasteiger charge is 2.58. The first kappa shape index (κ1) is 19.1. The van der Waals surface area contributed by atoms with Crippen molar-refractivity contribution in [3.05, 3.63) is 105 Å². The molecule has 2 aliphatic carbocycles. The molecule has 8 heteroatoms. The van der Waals surface area contributed by atoms with E-state index in [0.717, 1.165) is 48.5 Å². The Morgan fingerprint density at radius 3 is 0.733 bits per heavy atom. The molecule has 0 atom stereocenters. The van der Waals surface area contributed by atoms with Crippen LogP contribution in [-0.4, -0.2) is 0 Å². The second-order valence-electron chi connectivity index (χ2n) is 7.33. The summed E-state index contributed by atoms with van der Waals surface area (Å²) in [5.74, 6) is -16.3. The van der Waals surface area contributed by atoms with Gasteiger partial charge in [0.25, 0.3) is 23.7 Å². The average Bonchev–Trinajstić information content (AvgIpc) is 2.71. The zero-order valence-electron chi connectivity index (χ0n) is 14.8. The summed E-state index contributed by atoms with van der Waals surface area (Å²) in [4.78, 5) is 0. The standard InChI is InChI=1S/C22H10F8/c23-19(24)11-5-1-2-6-12(11)20(25,26)16-10-18-17(9-15(16)19)21(27,28)13-7-3-4-8-14(13)22(18,29)30/h1-10H. The Bertz CT molecular complexity index is 1030. The topological polar surface area (TPSA) is 0 Å². The molecule has 30 heavy (non-hydrogen) atoms. The van der Waals surface area contributed by atoms with Crippen molar-refractivity contribution in [2.24, 2.45) is 0 Å². The number of benzene rings is 3. The van der Waals surface area contributed by atoms with Crippen LogP contribution in [0.4, 0.5) is 35.1 Å². The van der Waals surface area contributed by atoms with E-state index in [1.807, 2.05) is 0 Å². The van der Waals surface area contributed by atoms with Gasteiger partial charge in [0.15, 0.2) is 0 Å². The Balaban J connectivity index is 1.89. The van der Waals surface area contributed by atoms with E-state index in [2.05, 4.69) is 0 Å². The molecule has 5 rings (SSSR count). The summed E-state index contributed by atoms with van der Waals surface area (Å²) >= 11 is 0. The fourth-order valence-electron chi connectivity index (χ4n) is 4.28. The van der Waals surface area contributed by atoms with E-state index >= 15 is 35.1 Å². The van der Waals surface area contributed by atoms with Crippen molar-refractivity contribution in [1.29, 1.82) is 0 Å². The highest BCUT2D eigenvalue weighted by molar-refractivity contribution is 5.62. The van der Waals surface area contributed by atoms with Crippen LogP contribution in [0.15, 0.2) is 60.7 Å². The lowest BCUT2D eigenvalue weighted by atomic mass is 9.74. The van der Waals surface area contributed by atoms with Gasteiger partial charge in [-0.25, -0.2) is 0 Å². The molecule has 0 aromatic heterocycles. The molecular formula is C22H10F8. The third-order valence-corrected chi connectivity index (χ3v) is 5.72. The van der Waals surface area contributed by atoms with Gasteiger partial charge in [-0.05, 0) is 12.1 Å². The van der Waals surface area contributed by atoms with Gasteiger partial charge in [0.05, 0.1) is 0 Å². The second-order valence-corrected chi connectivity index (χ2v) is 7.33. The Labute approximate surface area is 164 Å². The Morgan fingerprint density at radius 2 is 0.533 bits per heavy atom. The summed E-state index contributed by atoms with van der Waals surface area (Å²) in [6.07, 6.45) is 0. The zero-order valence-corrected chi connectivity index (χ0v) is 14.8. The van der Waals surface area contributed by atoms with Crippen molar-refractivity contribution in [2.45, 2.75) is 23.7 Å². The molecule has 0 radical (unpaired) electrons. The maximum atomic E-state index is 15.1. The van der Waals surface area contributed by atoms with Crippen LogP contribution in [0.5, 0.6) is 0 Å². The predicted molar refractivity (Wildman–Crippen MR) is 91.3 cm³/mol. The second kappa shape index (κ2) is 5.42. The fourth-order valence-corrected chi connectivity index (χ4v) is 4.28. The van der Waals surface area contributed by atoms with Crippen molar-refractivity contribution in [3.8, 4) is 0 Å². The van der Waals surface area contributed by atoms with Crippen molar-refractivity contribution in [1.82, 2.24) is 0 Å². The van der Waals surface area contributed by atoms with Gasteiger partial charge in [0.2, 0.25) is 0 Å². The number of rotatable bonds is 0. The molecule has 0 saturated heterocycles. The molecule has 3 aromatic carbocycles. The Kier molecular flexibility index (Phi) is 3.45. The summed E-state index contributed by atoms with van der Waals surface area (Å²) in [5, 5.41) is 0. The lowest BCUT2D eigenvalue weighted by Crippen LogP contribution is -2.38. The lowest BCUT2D eigenvalue weighted by Gasteiger charge is -2.38. The quantitative estimate of drug-likeness (QED) is 0.344. The molecule has 0 spiro atoms. The van der Waals surface area contributed by atoms with Crippen LogP contribution in [-0.2, 0) is 23.7 Å². The molecule has 0 N–H and O–H groups in total. The summed E-state index contributed by atoms with van der Waals surface area (Å²) in [5.41, 5.74) is -9.80. The Hall–Kier alpha value is -2.90. The van der Waals surface area contributed by atoms with Gasteiger partial charge >= 0.3 is 0 Å². The SMILES string of the molecule is FC1(F)c2ccccc2C(F)(F)c2cc3c(cc21)C(F)(F)c1ccccc1C3(F)F. The molecule has 0 heterocycles. The van der Waals surface area contributed by atoms with Crippen molar-refractivity contribution >= 4 is 0 Å². The van der Waals surface area contributed by atoms with Gasteiger partial charge in [0.1, 0.15) is 0 Å². The van der Waals surface area contributed by atoms with Gasteiger partial charge in [-0.15, -0.1) is 0 Å². The minimum Gasteiger partial charge on any atom is -0.196 e. The predicted octanol–water partition coefficient (Wildman–Crippen LogP) is 6.87. The minimum atomic E-state index is -4.06. The number of hydrogen-bond donors (Lipinski definition) is 0. The molecule has 0 bridgehead atoms. The summed E-state index contributed by atoms with van der Waals surface area (Å²) < 4.78 is 121. The van der Waals surface area contributed by atoms with E-state index < -0.39 is 68.2 Å². The van der Waals surface area contributed by atoms with E-state index in [0.29, 0.717) is 0 Å². The fraction of sp³-hybridized carbons (Fsp3) is 0.182.